The van der Waals surface area contributed by atoms with Crippen molar-refractivity contribution in [3.63, 3.8) is 0 Å². The highest BCUT2D eigenvalue weighted by Gasteiger charge is 2.31. The van der Waals surface area contributed by atoms with Crippen LogP contribution in [-0.2, 0) is 4.79 Å². The molecule has 1 heterocycles. The molecule has 1 aliphatic heterocycles. The van der Waals surface area contributed by atoms with Crippen LogP contribution >= 0.6 is 11.6 Å². The van der Waals surface area contributed by atoms with Gasteiger partial charge in [-0.1, -0.05) is 29.8 Å². The summed E-state index contributed by atoms with van der Waals surface area (Å²) in [6.45, 7) is 0.286. The van der Waals surface area contributed by atoms with Crippen molar-refractivity contribution in [3.05, 3.63) is 58.6 Å². The van der Waals surface area contributed by atoms with Gasteiger partial charge in [-0.25, -0.2) is 0 Å². The van der Waals surface area contributed by atoms with Gasteiger partial charge in [0.25, 0.3) is 0 Å². The third-order valence-corrected chi connectivity index (χ3v) is 3.92. The number of amides is 1. The van der Waals surface area contributed by atoms with Crippen molar-refractivity contribution in [2.24, 2.45) is 0 Å². The highest BCUT2D eigenvalue weighted by Crippen LogP contribution is 2.40. The molecule has 5 heteroatoms. The van der Waals surface area contributed by atoms with Crippen LogP contribution in [0.25, 0.3) is 0 Å². The lowest BCUT2D eigenvalue weighted by Gasteiger charge is -2.20. The van der Waals surface area contributed by atoms with Crippen LogP contribution in [0.3, 0.4) is 0 Å². The molecule has 2 aromatic carbocycles. The topological polar surface area (TPSA) is 46.6 Å². The van der Waals surface area contributed by atoms with Crippen LogP contribution in [0.1, 0.15) is 21.8 Å². The lowest BCUT2D eigenvalue weighted by Crippen LogP contribution is -2.27. The molecule has 0 saturated carbocycles. The number of carbonyl (C=O) groups excluding carboxylic acids is 2. The molecule has 3 rings (SSSR count). The molecule has 112 valence electrons. The van der Waals surface area contributed by atoms with E-state index in [0.717, 1.165) is 5.56 Å². The van der Waals surface area contributed by atoms with Gasteiger partial charge in [0.2, 0.25) is 6.41 Å². The summed E-state index contributed by atoms with van der Waals surface area (Å²) in [5, 5.41) is 0.476. The van der Waals surface area contributed by atoms with Crippen molar-refractivity contribution in [3.8, 4) is 11.5 Å². The summed E-state index contributed by atoms with van der Waals surface area (Å²) in [5.74, 6) is 0.529. The standard InChI is InChI=1S/C17H14ClNO3/c1-19(10-20)9-14-12-4-2-3-5-15(12)22-16-7-6-11(18)8-13(16)17(14)21/h2-8,10,14H,9H2,1H3. The lowest BCUT2D eigenvalue weighted by atomic mass is 9.90. The van der Waals surface area contributed by atoms with Crippen molar-refractivity contribution in [2.45, 2.75) is 5.92 Å². The van der Waals surface area contributed by atoms with Gasteiger partial charge in [-0.3, -0.25) is 9.59 Å². The van der Waals surface area contributed by atoms with E-state index in [1.165, 1.54) is 4.90 Å². The molecule has 0 radical (unpaired) electrons. The zero-order valence-corrected chi connectivity index (χ0v) is 12.7. The average molecular weight is 316 g/mol. The van der Waals surface area contributed by atoms with Gasteiger partial charge in [-0.2, -0.15) is 0 Å². The fourth-order valence-electron chi connectivity index (χ4n) is 2.60. The Morgan fingerprint density at radius 1 is 1.23 bits per heavy atom. The van der Waals surface area contributed by atoms with Crippen LogP contribution in [0, 0.1) is 0 Å². The number of ether oxygens (including phenoxy) is 1. The van der Waals surface area contributed by atoms with Gasteiger partial charge in [-0.15, -0.1) is 0 Å². The molecule has 0 aromatic heterocycles. The maximum atomic E-state index is 12.9. The van der Waals surface area contributed by atoms with Gasteiger partial charge in [0.05, 0.1) is 11.5 Å². The molecule has 4 nitrogen and oxygen atoms in total. The van der Waals surface area contributed by atoms with E-state index in [1.54, 1.807) is 25.2 Å². The largest absolute Gasteiger partial charge is 0.456 e. The third-order valence-electron chi connectivity index (χ3n) is 3.69. The molecule has 2 aromatic rings. The Bertz CT molecular complexity index is 744. The van der Waals surface area contributed by atoms with E-state index < -0.39 is 5.92 Å². The van der Waals surface area contributed by atoms with Crippen molar-refractivity contribution in [1.82, 2.24) is 4.90 Å². The number of nitrogens with zero attached hydrogens (tertiary/aromatic N) is 1. The summed E-state index contributed by atoms with van der Waals surface area (Å²) in [6, 6.07) is 12.4. The van der Waals surface area contributed by atoms with E-state index in [9.17, 15) is 9.59 Å². The van der Waals surface area contributed by atoms with E-state index in [1.807, 2.05) is 24.3 Å². The van der Waals surface area contributed by atoms with Gasteiger partial charge < -0.3 is 9.64 Å². The second-order valence-corrected chi connectivity index (χ2v) is 5.68. The molecule has 0 bridgehead atoms. The van der Waals surface area contributed by atoms with Gasteiger partial charge in [0, 0.05) is 24.2 Å². The normalized spacial score (nSPS) is 16.1. The molecule has 1 amide bonds. The van der Waals surface area contributed by atoms with Crippen LogP contribution in [0.15, 0.2) is 42.5 Å². The number of ketones is 1. The van der Waals surface area contributed by atoms with Crippen LogP contribution < -0.4 is 4.74 Å². The quantitative estimate of drug-likeness (QED) is 0.814. The van der Waals surface area contributed by atoms with E-state index in [4.69, 9.17) is 16.3 Å². The van der Waals surface area contributed by atoms with Crippen molar-refractivity contribution >= 4 is 23.8 Å². The van der Waals surface area contributed by atoms with E-state index in [0.29, 0.717) is 28.5 Å². The summed E-state index contributed by atoms with van der Waals surface area (Å²) in [4.78, 5) is 25.3. The number of benzene rings is 2. The number of Topliss-reactive ketones (excluding diaryl/α,β-unsaturated/α-hetero) is 1. The molecule has 1 aliphatic rings. The Morgan fingerprint density at radius 2 is 2.00 bits per heavy atom. The lowest BCUT2D eigenvalue weighted by molar-refractivity contribution is -0.117. The Kier molecular flexibility index (Phi) is 3.86. The molecule has 0 saturated heterocycles. The summed E-state index contributed by atoms with van der Waals surface area (Å²) < 4.78 is 5.89. The van der Waals surface area contributed by atoms with Crippen molar-refractivity contribution in [1.29, 1.82) is 0 Å². The number of likely N-dealkylation sites (N-methyl/N-ethyl adjacent to an activating group) is 1. The molecular weight excluding hydrogens is 302 g/mol. The van der Waals surface area contributed by atoms with E-state index in [2.05, 4.69) is 0 Å². The monoisotopic (exact) mass is 315 g/mol. The first-order chi connectivity index (χ1) is 10.6. The highest BCUT2D eigenvalue weighted by atomic mass is 35.5. The Morgan fingerprint density at radius 3 is 2.77 bits per heavy atom. The van der Waals surface area contributed by atoms with Gasteiger partial charge >= 0.3 is 0 Å². The molecule has 1 unspecified atom stereocenters. The zero-order chi connectivity index (χ0) is 15.7. The maximum Gasteiger partial charge on any atom is 0.209 e. The van der Waals surface area contributed by atoms with Crippen LogP contribution in [0.4, 0.5) is 0 Å². The zero-order valence-electron chi connectivity index (χ0n) is 12.0. The molecular formula is C17H14ClNO3. The van der Waals surface area contributed by atoms with Crippen molar-refractivity contribution in [2.75, 3.05) is 13.6 Å². The number of para-hydroxylation sites is 1. The number of fused-ring (bicyclic) bond motifs is 2. The summed E-state index contributed by atoms with van der Waals surface area (Å²) in [6.07, 6.45) is 0.709. The molecule has 0 fully saturated rings. The predicted molar refractivity (Wildman–Crippen MR) is 83.7 cm³/mol. The fraction of sp³-hybridized carbons (Fsp3) is 0.176. The maximum absolute atomic E-state index is 12.9. The molecule has 22 heavy (non-hydrogen) atoms. The third kappa shape index (κ3) is 2.57. The van der Waals surface area contributed by atoms with Crippen LogP contribution in [-0.4, -0.2) is 30.7 Å². The number of hydrogen-bond acceptors (Lipinski definition) is 3. The Balaban J connectivity index is 2.15. The smallest absolute Gasteiger partial charge is 0.209 e. The minimum atomic E-state index is -0.480. The minimum Gasteiger partial charge on any atom is -0.456 e. The Labute approximate surface area is 133 Å². The SMILES string of the molecule is CN(C=O)CC1C(=O)c2cc(Cl)ccc2Oc2ccccc21. The number of halogens is 1. The summed E-state index contributed by atoms with van der Waals surface area (Å²) >= 11 is 6.01. The number of hydrogen-bond donors (Lipinski definition) is 0. The summed E-state index contributed by atoms with van der Waals surface area (Å²) in [5.41, 5.74) is 1.21. The molecule has 0 aliphatic carbocycles. The fourth-order valence-corrected chi connectivity index (χ4v) is 2.78. The average Bonchev–Trinajstić information content (AvgIpc) is 2.64. The predicted octanol–water partition coefficient (Wildman–Crippen LogP) is 3.50. The molecule has 0 N–H and O–H groups in total. The first-order valence-corrected chi connectivity index (χ1v) is 7.24. The summed E-state index contributed by atoms with van der Waals surface area (Å²) in [7, 11) is 1.65. The van der Waals surface area contributed by atoms with E-state index in [-0.39, 0.29) is 12.3 Å². The van der Waals surface area contributed by atoms with Gasteiger partial charge in [0.15, 0.2) is 5.78 Å². The molecule has 1 atom stereocenters. The van der Waals surface area contributed by atoms with Crippen LogP contribution in [0.5, 0.6) is 11.5 Å². The van der Waals surface area contributed by atoms with Gasteiger partial charge in [0.1, 0.15) is 11.5 Å². The second kappa shape index (κ2) is 5.81. The molecule has 0 spiro atoms. The van der Waals surface area contributed by atoms with E-state index >= 15 is 0 Å². The van der Waals surface area contributed by atoms with Gasteiger partial charge in [-0.05, 0) is 24.3 Å². The highest BCUT2D eigenvalue weighted by molar-refractivity contribution is 6.31. The van der Waals surface area contributed by atoms with Crippen molar-refractivity contribution < 1.29 is 14.3 Å². The number of rotatable bonds is 3. The Hall–Kier alpha value is -2.33. The van der Waals surface area contributed by atoms with Crippen LogP contribution in [0.2, 0.25) is 5.02 Å². The first kappa shape index (κ1) is 14.6. The minimum absolute atomic E-state index is 0.101. The first-order valence-electron chi connectivity index (χ1n) is 6.86. The second-order valence-electron chi connectivity index (χ2n) is 5.24. The number of carbonyl (C=O) groups is 2.